The molecule has 0 fully saturated rings. The number of aromatic hydroxyl groups is 1. The van der Waals surface area contributed by atoms with E-state index in [4.69, 9.17) is 0 Å². The van der Waals surface area contributed by atoms with Gasteiger partial charge in [0, 0.05) is 33.9 Å². The molecule has 0 aliphatic rings. The fourth-order valence-corrected chi connectivity index (χ4v) is 3.28. The summed E-state index contributed by atoms with van der Waals surface area (Å²) in [6.45, 7) is 0.642. The lowest BCUT2D eigenvalue weighted by Gasteiger charge is -2.08. The number of rotatable bonds is 3. The van der Waals surface area contributed by atoms with Gasteiger partial charge in [0.2, 0.25) is 0 Å². The van der Waals surface area contributed by atoms with Gasteiger partial charge in [-0.15, -0.1) is 0 Å². The molecule has 0 spiro atoms. The van der Waals surface area contributed by atoms with Crippen LogP contribution < -0.4 is 0 Å². The quantitative estimate of drug-likeness (QED) is 0.597. The van der Waals surface area contributed by atoms with Crippen LogP contribution in [0.25, 0.3) is 32.9 Å². The van der Waals surface area contributed by atoms with Crippen LogP contribution in [0.15, 0.2) is 66.7 Å². The van der Waals surface area contributed by atoms with Crippen molar-refractivity contribution in [2.75, 3.05) is 6.61 Å². The summed E-state index contributed by atoms with van der Waals surface area (Å²) in [6.07, 6.45) is 0. The molecule has 1 heterocycles. The maximum Gasteiger partial charge on any atom is 0.123 e. The number of hydrogen-bond acceptors (Lipinski definition) is 2. The number of aromatic nitrogens is 1. The number of phenols is 1. The first-order valence-corrected chi connectivity index (χ1v) is 7.70. The summed E-state index contributed by atoms with van der Waals surface area (Å²) in [5.41, 5.74) is 3.97. The molecule has 0 aliphatic carbocycles. The van der Waals surface area contributed by atoms with Crippen LogP contribution in [0.2, 0.25) is 0 Å². The molecule has 3 aromatic carbocycles. The zero-order chi connectivity index (χ0) is 15.8. The first-order chi connectivity index (χ1) is 11.3. The minimum absolute atomic E-state index is 0.0919. The second kappa shape index (κ2) is 5.45. The molecule has 0 bridgehead atoms. The van der Waals surface area contributed by atoms with Crippen LogP contribution >= 0.6 is 0 Å². The number of fused-ring (bicyclic) bond motifs is 3. The van der Waals surface area contributed by atoms with Crippen LogP contribution in [0.3, 0.4) is 0 Å². The third kappa shape index (κ3) is 2.17. The van der Waals surface area contributed by atoms with Gasteiger partial charge in [0.15, 0.2) is 0 Å². The summed E-state index contributed by atoms with van der Waals surface area (Å²) in [6, 6.07) is 21.8. The number of para-hydroxylation sites is 2. The Kier molecular flexibility index (Phi) is 3.28. The maximum atomic E-state index is 10.1. The highest BCUT2D eigenvalue weighted by molar-refractivity contribution is 6.09. The Morgan fingerprint density at radius 2 is 1.52 bits per heavy atom. The highest BCUT2D eigenvalue weighted by Crippen LogP contribution is 2.34. The number of aliphatic hydroxyl groups is 1. The fraction of sp³-hybridized carbons (Fsp3) is 0.100. The zero-order valence-corrected chi connectivity index (χ0v) is 12.6. The lowest BCUT2D eigenvalue weighted by molar-refractivity contribution is 0.280. The van der Waals surface area contributed by atoms with Crippen molar-refractivity contribution in [1.29, 1.82) is 0 Å². The van der Waals surface area contributed by atoms with Crippen molar-refractivity contribution in [3.63, 3.8) is 0 Å². The molecular weight excluding hydrogens is 286 g/mol. The van der Waals surface area contributed by atoms with Crippen LogP contribution in [0.1, 0.15) is 0 Å². The fourth-order valence-electron chi connectivity index (χ4n) is 3.28. The van der Waals surface area contributed by atoms with Gasteiger partial charge in [-0.25, -0.2) is 0 Å². The standard InChI is InChI=1S/C20H17NO2/c22-12-11-21-18-7-3-1-6-16(18)17-10-9-14(13-19(17)21)15-5-2-4-8-20(15)23/h1-10,13,22-23H,11-12H2. The van der Waals surface area contributed by atoms with Crippen molar-refractivity contribution in [2.24, 2.45) is 0 Å². The van der Waals surface area contributed by atoms with Crippen molar-refractivity contribution < 1.29 is 10.2 Å². The maximum absolute atomic E-state index is 10.1. The number of hydrogen-bond donors (Lipinski definition) is 2. The van der Waals surface area contributed by atoms with Crippen molar-refractivity contribution >= 4 is 21.8 Å². The predicted molar refractivity (Wildman–Crippen MR) is 93.6 cm³/mol. The first-order valence-electron chi connectivity index (χ1n) is 7.70. The summed E-state index contributed by atoms with van der Waals surface area (Å²) in [4.78, 5) is 0. The molecule has 1 aromatic heterocycles. The van der Waals surface area contributed by atoms with E-state index in [1.54, 1.807) is 6.07 Å². The summed E-state index contributed by atoms with van der Waals surface area (Å²) in [5.74, 6) is 0.275. The van der Waals surface area contributed by atoms with Gasteiger partial charge in [-0.05, 0) is 23.8 Å². The highest BCUT2D eigenvalue weighted by Gasteiger charge is 2.12. The van der Waals surface area contributed by atoms with Crippen molar-refractivity contribution in [3.8, 4) is 16.9 Å². The Bertz CT molecular complexity index is 1000. The summed E-state index contributed by atoms with van der Waals surface area (Å²) in [5, 5.41) is 21.9. The van der Waals surface area contributed by atoms with E-state index in [1.807, 2.05) is 36.4 Å². The van der Waals surface area contributed by atoms with Crippen LogP contribution in [0.4, 0.5) is 0 Å². The Hall–Kier alpha value is -2.78. The molecule has 0 atom stereocenters. The molecule has 0 saturated heterocycles. The van der Waals surface area contributed by atoms with Crippen molar-refractivity contribution in [1.82, 2.24) is 4.57 Å². The average Bonchev–Trinajstić information content (AvgIpc) is 2.90. The summed E-state index contributed by atoms with van der Waals surface area (Å²) in [7, 11) is 0. The molecule has 3 heteroatoms. The van der Waals surface area contributed by atoms with E-state index in [1.165, 1.54) is 5.39 Å². The molecular formula is C20H17NO2. The molecule has 0 aliphatic heterocycles. The van der Waals surface area contributed by atoms with Gasteiger partial charge in [0.1, 0.15) is 5.75 Å². The average molecular weight is 303 g/mol. The number of phenolic OH excluding ortho intramolecular Hbond substituents is 1. The molecule has 4 rings (SSSR count). The molecule has 2 N–H and O–H groups in total. The number of benzene rings is 3. The number of aliphatic hydroxyl groups excluding tert-OH is 1. The molecule has 0 saturated carbocycles. The second-order valence-electron chi connectivity index (χ2n) is 5.64. The van der Waals surface area contributed by atoms with Crippen LogP contribution in [0.5, 0.6) is 5.75 Å². The molecule has 3 nitrogen and oxygen atoms in total. The third-order valence-electron chi connectivity index (χ3n) is 4.31. The lowest BCUT2D eigenvalue weighted by Crippen LogP contribution is -2.01. The van der Waals surface area contributed by atoms with E-state index in [2.05, 4.69) is 28.8 Å². The lowest BCUT2D eigenvalue weighted by atomic mass is 10.0. The second-order valence-corrected chi connectivity index (χ2v) is 5.64. The Balaban J connectivity index is 2.03. The first kappa shape index (κ1) is 13.9. The third-order valence-corrected chi connectivity index (χ3v) is 4.31. The van der Waals surface area contributed by atoms with Crippen molar-refractivity contribution in [3.05, 3.63) is 66.7 Å². The van der Waals surface area contributed by atoms with Crippen LogP contribution in [0, 0.1) is 0 Å². The summed E-state index contributed by atoms with van der Waals surface area (Å²) >= 11 is 0. The minimum atomic E-state index is 0.0919. The van der Waals surface area contributed by atoms with E-state index in [9.17, 15) is 10.2 Å². The highest BCUT2D eigenvalue weighted by atomic mass is 16.3. The zero-order valence-electron chi connectivity index (χ0n) is 12.6. The topological polar surface area (TPSA) is 45.4 Å². The molecule has 0 radical (unpaired) electrons. The Labute approximate surface area is 134 Å². The predicted octanol–water partition coefficient (Wildman–Crippen LogP) is 4.16. The molecule has 4 aromatic rings. The van der Waals surface area contributed by atoms with Gasteiger partial charge in [-0.2, -0.15) is 0 Å². The van der Waals surface area contributed by atoms with Crippen molar-refractivity contribution in [2.45, 2.75) is 6.54 Å². The smallest absolute Gasteiger partial charge is 0.123 e. The van der Waals surface area contributed by atoms with E-state index < -0.39 is 0 Å². The van der Waals surface area contributed by atoms with E-state index in [0.717, 1.165) is 27.5 Å². The Morgan fingerprint density at radius 3 is 2.35 bits per heavy atom. The normalized spacial score (nSPS) is 11.3. The van der Waals surface area contributed by atoms with E-state index in [-0.39, 0.29) is 12.4 Å². The SMILES string of the molecule is OCCn1c2ccccc2c2ccc(-c3ccccc3O)cc21. The number of nitrogens with zero attached hydrogens (tertiary/aromatic N) is 1. The van der Waals surface area contributed by atoms with Gasteiger partial charge in [0.25, 0.3) is 0 Å². The minimum Gasteiger partial charge on any atom is -0.507 e. The largest absolute Gasteiger partial charge is 0.507 e. The van der Waals surface area contributed by atoms with Gasteiger partial charge in [0.05, 0.1) is 6.61 Å². The molecule has 114 valence electrons. The van der Waals surface area contributed by atoms with Crippen LogP contribution in [-0.4, -0.2) is 21.4 Å². The molecule has 0 unspecified atom stereocenters. The Morgan fingerprint density at radius 1 is 0.783 bits per heavy atom. The van der Waals surface area contributed by atoms with E-state index >= 15 is 0 Å². The van der Waals surface area contributed by atoms with E-state index in [0.29, 0.717) is 6.54 Å². The monoisotopic (exact) mass is 303 g/mol. The van der Waals surface area contributed by atoms with Gasteiger partial charge >= 0.3 is 0 Å². The van der Waals surface area contributed by atoms with Gasteiger partial charge in [-0.3, -0.25) is 0 Å². The summed E-state index contributed by atoms with van der Waals surface area (Å²) < 4.78 is 2.13. The van der Waals surface area contributed by atoms with Gasteiger partial charge in [-0.1, -0.05) is 48.5 Å². The van der Waals surface area contributed by atoms with Crippen LogP contribution in [-0.2, 0) is 6.54 Å². The molecule has 23 heavy (non-hydrogen) atoms. The molecule has 0 amide bonds. The van der Waals surface area contributed by atoms with Gasteiger partial charge < -0.3 is 14.8 Å².